The number of nitrogens with zero attached hydrogens (tertiary/aromatic N) is 2. The SMILES string of the molecule is CC(C)Oc1ccc(-n2cncc2C2CNC2)cc1. The van der Waals surface area contributed by atoms with Crippen LogP contribution in [0.5, 0.6) is 5.75 Å². The predicted octanol–water partition coefficient (Wildman–Crippen LogP) is 2.35. The monoisotopic (exact) mass is 257 g/mol. The summed E-state index contributed by atoms with van der Waals surface area (Å²) in [5.74, 6) is 1.49. The molecule has 0 aliphatic carbocycles. The van der Waals surface area contributed by atoms with Gasteiger partial charge in [-0.05, 0) is 38.1 Å². The van der Waals surface area contributed by atoms with Crippen LogP contribution in [0.1, 0.15) is 25.5 Å². The number of aromatic nitrogens is 2. The maximum Gasteiger partial charge on any atom is 0.119 e. The minimum Gasteiger partial charge on any atom is -0.491 e. The molecule has 100 valence electrons. The van der Waals surface area contributed by atoms with Crippen LogP contribution in [0.4, 0.5) is 0 Å². The van der Waals surface area contributed by atoms with Crippen molar-refractivity contribution in [3.8, 4) is 11.4 Å². The van der Waals surface area contributed by atoms with E-state index < -0.39 is 0 Å². The van der Waals surface area contributed by atoms with Gasteiger partial charge in [-0.15, -0.1) is 0 Å². The molecule has 1 fully saturated rings. The summed E-state index contributed by atoms with van der Waals surface area (Å²) in [5.41, 5.74) is 2.41. The molecule has 0 amide bonds. The van der Waals surface area contributed by atoms with E-state index in [1.807, 2.05) is 38.5 Å². The van der Waals surface area contributed by atoms with E-state index in [2.05, 4.69) is 27.0 Å². The molecule has 4 heteroatoms. The lowest BCUT2D eigenvalue weighted by molar-refractivity contribution is 0.242. The molecule has 1 aliphatic rings. The fraction of sp³-hybridized carbons (Fsp3) is 0.400. The van der Waals surface area contributed by atoms with Crippen LogP contribution in [0.2, 0.25) is 0 Å². The summed E-state index contributed by atoms with van der Waals surface area (Å²) in [6.45, 7) is 6.15. The van der Waals surface area contributed by atoms with Crippen LogP contribution in [-0.4, -0.2) is 28.7 Å². The Kier molecular flexibility index (Phi) is 3.25. The zero-order valence-electron chi connectivity index (χ0n) is 11.3. The molecule has 19 heavy (non-hydrogen) atoms. The highest BCUT2D eigenvalue weighted by Gasteiger charge is 2.22. The Morgan fingerprint density at radius 2 is 2.00 bits per heavy atom. The first-order chi connectivity index (χ1) is 9.24. The highest BCUT2D eigenvalue weighted by molar-refractivity contribution is 5.39. The predicted molar refractivity (Wildman–Crippen MR) is 74.9 cm³/mol. The third kappa shape index (κ3) is 2.49. The zero-order chi connectivity index (χ0) is 13.2. The molecular formula is C15H19N3O. The van der Waals surface area contributed by atoms with Crippen LogP contribution in [-0.2, 0) is 0 Å². The Balaban J connectivity index is 1.84. The molecule has 4 nitrogen and oxygen atoms in total. The molecule has 3 rings (SSSR count). The Labute approximate surface area is 113 Å². The topological polar surface area (TPSA) is 39.1 Å². The largest absolute Gasteiger partial charge is 0.491 e. The summed E-state index contributed by atoms with van der Waals surface area (Å²) in [7, 11) is 0. The number of imidazole rings is 1. The van der Waals surface area contributed by atoms with Gasteiger partial charge in [0.1, 0.15) is 5.75 Å². The van der Waals surface area contributed by atoms with Crippen molar-refractivity contribution in [3.05, 3.63) is 42.5 Å². The maximum absolute atomic E-state index is 5.66. The standard InChI is InChI=1S/C15H19N3O/c1-11(2)19-14-5-3-13(4-6-14)18-10-17-9-15(18)12-7-16-8-12/h3-6,9-12,16H,7-8H2,1-2H3. The molecule has 0 saturated carbocycles. The highest BCUT2D eigenvalue weighted by atomic mass is 16.5. The number of benzene rings is 1. The first-order valence-electron chi connectivity index (χ1n) is 6.74. The minimum absolute atomic E-state index is 0.204. The lowest BCUT2D eigenvalue weighted by atomic mass is 10.00. The molecule has 1 aromatic carbocycles. The number of hydrogen-bond acceptors (Lipinski definition) is 3. The molecule has 0 radical (unpaired) electrons. The summed E-state index contributed by atoms with van der Waals surface area (Å²) in [6, 6.07) is 8.18. The highest BCUT2D eigenvalue weighted by Crippen LogP contribution is 2.24. The van der Waals surface area contributed by atoms with Crippen molar-refractivity contribution in [2.45, 2.75) is 25.9 Å². The van der Waals surface area contributed by atoms with E-state index in [9.17, 15) is 0 Å². The minimum atomic E-state index is 0.204. The molecule has 1 aromatic heterocycles. The van der Waals surface area contributed by atoms with Crippen molar-refractivity contribution in [1.29, 1.82) is 0 Å². The van der Waals surface area contributed by atoms with Crippen molar-refractivity contribution in [1.82, 2.24) is 14.9 Å². The lowest BCUT2D eigenvalue weighted by Gasteiger charge is -2.27. The second kappa shape index (κ2) is 5.05. The number of rotatable bonds is 4. The van der Waals surface area contributed by atoms with Crippen molar-refractivity contribution >= 4 is 0 Å². The first-order valence-corrected chi connectivity index (χ1v) is 6.74. The van der Waals surface area contributed by atoms with E-state index in [4.69, 9.17) is 4.74 Å². The van der Waals surface area contributed by atoms with Crippen LogP contribution in [0.25, 0.3) is 5.69 Å². The van der Waals surface area contributed by atoms with Gasteiger partial charge in [0.25, 0.3) is 0 Å². The molecule has 1 saturated heterocycles. The van der Waals surface area contributed by atoms with E-state index in [1.165, 1.54) is 5.69 Å². The molecule has 2 heterocycles. The third-order valence-corrected chi connectivity index (χ3v) is 3.35. The summed E-state index contributed by atoms with van der Waals surface area (Å²) in [4.78, 5) is 4.28. The van der Waals surface area contributed by atoms with Gasteiger partial charge in [-0.2, -0.15) is 0 Å². The summed E-state index contributed by atoms with van der Waals surface area (Å²) >= 11 is 0. The van der Waals surface area contributed by atoms with Crippen LogP contribution < -0.4 is 10.1 Å². The van der Waals surface area contributed by atoms with Gasteiger partial charge in [0.05, 0.1) is 12.4 Å². The molecular weight excluding hydrogens is 238 g/mol. The van der Waals surface area contributed by atoms with Gasteiger partial charge in [0.2, 0.25) is 0 Å². The van der Waals surface area contributed by atoms with Crippen molar-refractivity contribution in [3.63, 3.8) is 0 Å². The van der Waals surface area contributed by atoms with Gasteiger partial charge in [0.15, 0.2) is 0 Å². The van der Waals surface area contributed by atoms with E-state index in [0.717, 1.165) is 24.5 Å². The number of hydrogen-bond donors (Lipinski definition) is 1. The fourth-order valence-corrected chi connectivity index (χ4v) is 2.28. The smallest absolute Gasteiger partial charge is 0.119 e. The molecule has 0 atom stereocenters. The Morgan fingerprint density at radius 3 is 2.58 bits per heavy atom. The molecule has 0 unspecified atom stereocenters. The molecule has 1 N–H and O–H groups in total. The zero-order valence-corrected chi connectivity index (χ0v) is 11.3. The van der Waals surface area contributed by atoms with Crippen LogP contribution >= 0.6 is 0 Å². The Morgan fingerprint density at radius 1 is 1.26 bits per heavy atom. The summed E-state index contributed by atoms with van der Waals surface area (Å²) < 4.78 is 7.82. The normalized spacial score (nSPS) is 15.5. The van der Waals surface area contributed by atoms with Gasteiger partial charge in [-0.1, -0.05) is 0 Å². The van der Waals surface area contributed by atoms with Crippen molar-refractivity contribution < 1.29 is 4.74 Å². The van der Waals surface area contributed by atoms with Crippen LogP contribution in [0.3, 0.4) is 0 Å². The number of ether oxygens (including phenoxy) is 1. The van der Waals surface area contributed by atoms with Gasteiger partial charge in [-0.25, -0.2) is 4.98 Å². The van der Waals surface area contributed by atoms with E-state index >= 15 is 0 Å². The maximum atomic E-state index is 5.66. The lowest BCUT2D eigenvalue weighted by Crippen LogP contribution is -2.40. The third-order valence-electron chi connectivity index (χ3n) is 3.35. The number of nitrogens with one attached hydrogen (secondary N) is 1. The van der Waals surface area contributed by atoms with Crippen molar-refractivity contribution in [2.24, 2.45) is 0 Å². The molecule has 0 spiro atoms. The average Bonchev–Trinajstić information content (AvgIpc) is 2.76. The Hall–Kier alpha value is -1.81. The van der Waals surface area contributed by atoms with Crippen LogP contribution in [0.15, 0.2) is 36.8 Å². The second-order valence-electron chi connectivity index (χ2n) is 5.20. The van der Waals surface area contributed by atoms with Crippen molar-refractivity contribution in [2.75, 3.05) is 13.1 Å². The second-order valence-corrected chi connectivity index (χ2v) is 5.20. The van der Waals surface area contributed by atoms with E-state index in [1.54, 1.807) is 0 Å². The summed E-state index contributed by atoms with van der Waals surface area (Å²) in [6.07, 6.45) is 4.05. The van der Waals surface area contributed by atoms with Gasteiger partial charge >= 0.3 is 0 Å². The Bertz CT molecular complexity index is 541. The quantitative estimate of drug-likeness (QED) is 0.913. The average molecular weight is 257 g/mol. The van der Waals surface area contributed by atoms with Crippen LogP contribution in [0, 0.1) is 0 Å². The molecule has 2 aromatic rings. The van der Waals surface area contributed by atoms with Gasteiger partial charge < -0.3 is 14.6 Å². The van der Waals surface area contributed by atoms with E-state index in [-0.39, 0.29) is 6.10 Å². The van der Waals surface area contributed by atoms with E-state index in [0.29, 0.717) is 5.92 Å². The van der Waals surface area contributed by atoms with Gasteiger partial charge in [-0.3, -0.25) is 0 Å². The summed E-state index contributed by atoms with van der Waals surface area (Å²) in [5, 5.41) is 3.30. The molecule has 1 aliphatic heterocycles. The van der Waals surface area contributed by atoms with Gasteiger partial charge in [0, 0.05) is 36.6 Å². The fourth-order valence-electron chi connectivity index (χ4n) is 2.28. The first kappa shape index (κ1) is 12.2. The molecule has 0 bridgehead atoms.